The summed E-state index contributed by atoms with van der Waals surface area (Å²) in [4.78, 5) is 7.90. The Kier molecular flexibility index (Phi) is 1.99. The summed E-state index contributed by atoms with van der Waals surface area (Å²) >= 11 is 0. The van der Waals surface area contributed by atoms with Gasteiger partial charge in [-0.1, -0.05) is 0 Å². The van der Waals surface area contributed by atoms with Gasteiger partial charge in [0.2, 0.25) is 0 Å². The predicted molar refractivity (Wildman–Crippen MR) is 49.2 cm³/mol. The molecule has 2 aromatic heterocycles. The number of hydrogen-bond donors (Lipinski definition) is 0. The van der Waals surface area contributed by atoms with Crippen molar-refractivity contribution in [3.05, 3.63) is 36.1 Å². The zero-order valence-corrected chi connectivity index (χ0v) is 7.56. The van der Waals surface area contributed by atoms with Crippen LogP contribution in [0.25, 0.3) is 11.3 Å². The van der Waals surface area contributed by atoms with E-state index in [-0.39, 0.29) is 0 Å². The van der Waals surface area contributed by atoms with Crippen LogP contribution in [0.4, 0.5) is 0 Å². The third-order valence-electron chi connectivity index (χ3n) is 1.76. The average Bonchev–Trinajstić information content (AvgIpc) is 2.61. The van der Waals surface area contributed by atoms with Gasteiger partial charge in [0.25, 0.3) is 0 Å². The monoisotopic (exact) mass is 185 g/mol. The third kappa shape index (κ3) is 1.36. The molecule has 0 fully saturated rings. The van der Waals surface area contributed by atoms with Crippen LogP contribution in [0.2, 0.25) is 0 Å². The molecule has 0 unspecified atom stereocenters. The van der Waals surface area contributed by atoms with E-state index >= 15 is 0 Å². The minimum atomic E-state index is 0.301. The van der Waals surface area contributed by atoms with Crippen LogP contribution in [0, 0.1) is 18.3 Å². The molecule has 4 heteroatoms. The number of nitrogens with zero attached hydrogens (tertiary/aromatic N) is 3. The van der Waals surface area contributed by atoms with Crippen molar-refractivity contribution < 1.29 is 4.42 Å². The van der Waals surface area contributed by atoms with Crippen molar-refractivity contribution in [2.75, 3.05) is 0 Å². The fourth-order valence-corrected chi connectivity index (χ4v) is 1.20. The smallest absolute Gasteiger partial charge is 0.193 e. The molecule has 2 aromatic rings. The zero-order chi connectivity index (χ0) is 9.97. The number of hydrogen-bond acceptors (Lipinski definition) is 4. The summed E-state index contributed by atoms with van der Waals surface area (Å²) in [6, 6.07) is 5.60. The van der Waals surface area contributed by atoms with Crippen LogP contribution < -0.4 is 0 Å². The van der Waals surface area contributed by atoms with Crippen molar-refractivity contribution in [3.8, 4) is 17.4 Å². The number of rotatable bonds is 1. The van der Waals surface area contributed by atoms with Crippen LogP contribution in [0.15, 0.2) is 28.9 Å². The van der Waals surface area contributed by atoms with E-state index in [1.165, 1.54) is 0 Å². The summed E-state index contributed by atoms with van der Waals surface area (Å²) in [5.41, 5.74) is 1.07. The minimum absolute atomic E-state index is 0.301. The van der Waals surface area contributed by atoms with E-state index in [1.54, 1.807) is 25.4 Å². The summed E-state index contributed by atoms with van der Waals surface area (Å²) in [5, 5.41) is 8.80. The standard InChI is InChI=1S/C10H7N3O/c1-7-13-9(5-11)10(14-7)8-3-2-4-12-6-8/h2-4,6H,1H3. The highest BCUT2D eigenvalue weighted by molar-refractivity contribution is 5.61. The summed E-state index contributed by atoms with van der Waals surface area (Å²) in [6.07, 6.45) is 3.31. The second kappa shape index (κ2) is 3.30. The predicted octanol–water partition coefficient (Wildman–Crippen LogP) is 1.92. The number of aromatic nitrogens is 2. The maximum atomic E-state index is 8.80. The largest absolute Gasteiger partial charge is 0.440 e. The van der Waals surface area contributed by atoms with E-state index < -0.39 is 0 Å². The van der Waals surface area contributed by atoms with Gasteiger partial charge in [-0.3, -0.25) is 4.98 Å². The maximum absolute atomic E-state index is 8.80. The molecule has 0 spiro atoms. The van der Waals surface area contributed by atoms with Gasteiger partial charge in [0.05, 0.1) is 0 Å². The number of nitriles is 1. The Labute approximate surface area is 80.8 Å². The highest BCUT2D eigenvalue weighted by Crippen LogP contribution is 2.22. The van der Waals surface area contributed by atoms with Gasteiger partial charge in [-0.25, -0.2) is 4.98 Å². The van der Waals surface area contributed by atoms with Gasteiger partial charge < -0.3 is 4.42 Å². The molecular weight excluding hydrogens is 178 g/mol. The van der Waals surface area contributed by atoms with Crippen molar-refractivity contribution >= 4 is 0 Å². The molecule has 2 rings (SSSR count). The molecule has 0 amide bonds. The third-order valence-corrected chi connectivity index (χ3v) is 1.76. The first-order valence-electron chi connectivity index (χ1n) is 4.09. The number of oxazole rings is 1. The minimum Gasteiger partial charge on any atom is -0.440 e. The lowest BCUT2D eigenvalue weighted by atomic mass is 10.2. The molecule has 4 nitrogen and oxygen atoms in total. The normalized spacial score (nSPS) is 9.71. The van der Waals surface area contributed by atoms with E-state index in [0.29, 0.717) is 17.3 Å². The summed E-state index contributed by atoms with van der Waals surface area (Å²) in [6.45, 7) is 1.71. The molecule has 0 aliphatic heterocycles. The molecule has 0 atom stereocenters. The Balaban J connectivity index is 2.58. The van der Waals surface area contributed by atoms with Crippen LogP contribution in [0.3, 0.4) is 0 Å². The van der Waals surface area contributed by atoms with Gasteiger partial charge >= 0.3 is 0 Å². The fourth-order valence-electron chi connectivity index (χ4n) is 1.20. The number of aryl methyl sites for hydroxylation is 1. The van der Waals surface area contributed by atoms with Crippen molar-refractivity contribution in [2.45, 2.75) is 6.92 Å². The molecule has 68 valence electrons. The highest BCUT2D eigenvalue weighted by Gasteiger charge is 2.12. The molecular formula is C10H7N3O. The highest BCUT2D eigenvalue weighted by atomic mass is 16.4. The van der Waals surface area contributed by atoms with Crippen molar-refractivity contribution in [2.24, 2.45) is 0 Å². The van der Waals surface area contributed by atoms with Crippen LogP contribution in [-0.2, 0) is 0 Å². The molecule has 0 aromatic carbocycles. The van der Waals surface area contributed by atoms with Crippen LogP contribution in [0.5, 0.6) is 0 Å². The fraction of sp³-hybridized carbons (Fsp3) is 0.100. The first-order chi connectivity index (χ1) is 6.81. The van der Waals surface area contributed by atoms with E-state index in [2.05, 4.69) is 9.97 Å². The molecule has 0 saturated carbocycles. The number of pyridine rings is 1. The molecule has 0 aliphatic carbocycles. The maximum Gasteiger partial charge on any atom is 0.193 e. The Bertz CT molecular complexity index is 482. The Morgan fingerprint density at radius 1 is 1.50 bits per heavy atom. The van der Waals surface area contributed by atoms with E-state index in [9.17, 15) is 0 Å². The van der Waals surface area contributed by atoms with Gasteiger partial charge in [-0.05, 0) is 12.1 Å². The first-order valence-corrected chi connectivity index (χ1v) is 4.09. The first kappa shape index (κ1) is 8.45. The molecule has 0 radical (unpaired) electrons. The van der Waals surface area contributed by atoms with Crippen molar-refractivity contribution in [3.63, 3.8) is 0 Å². The molecule has 2 heterocycles. The Morgan fingerprint density at radius 3 is 3.00 bits per heavy atom. The SMILES string of the molecule is Cc1nc(C#N)c(-c2cccnc2)o1. The van der Waals surface area contributed by atoms with Crippen LogP contribution >= 0.6 is 0 Å². The average molecular weight is 185 g/mol. The quantitative estimate of drug-likeness (QED) is 0.680. The van der Waals surface area contributed by atoms with Crippen molar-refractivity contribution in [1.82, 2.24) is 9.97 Å². The van der Waals surface area contributed by atoms with Crippen LogP contribution in [0.1, 0.15) is 11.6 Å². The molecule has 0 saturated heterocycles. The van der Waals surface area contributed by atoms with Gasteiger partial charge in [0.1, 0.15) is 6.07 Å². The topological polar surface area (TPSA) is 62.7 Å². The lowest BCUT2D eigenvalue weighted by Gasteiger charge is -1.93. The molecule has 0 aliphatic rings. The van der Waals surface area contributed by atoms with Gasteiger partial charge in [0.15, 0.2) is 17.3 Å². The Morgan fingerprint density at radius 2 is 2.36 bits per heavy atom. The molecule has 14 heavy (non-hydrogen) atoms. The lowest BCUT2D eigenvalue weighted by Crippen LogP contribution is -1.80. The van der Waals surface area contributed by atoms with Gasteiger partial charge in [-0.2, -0.15) is 5.26 Å². The summed E-state index contributed by atoms with van der Waals surface area (Å²) in [5.74, 6) is 0.971. The second-order valence-corrected chi connectivity index (χ2v) is 2.76. The van der Waals surface area contributed by atoms with Crippen molar-refractivity contribution in [1.29, 1.82) is 5.26 Å². The Hall–Kier alpha value is -2.15. The zero-order valence-electron chi connectivity index (χ0n) is 7.56. The van der Waals surface area contributed by atoms with Gasteiger partial charge in [-0.15, -0.1) is 0 Å². The summed E-state index contributed by atoms with van der Waals surface area (Å²) in [7, 11) is 0. The molecule has 0 N–H and O–H groups in total. The van der Waals surface area contributed by atoms with E-state index in [4.69, 9.17) is 9.68 Å². The summed E-state index contributed by atoms with van der Waals surface area (Å²) < 4.78 is 5.32. The molecule has 0 bridgehead atoms. The van der Waals surface area contributed by atoms with Crippen LogP contribution in [-0.4, -0.2) is 9.97 Å². The lowest BCUT2D eigenvalue weighted by molar-refractivity contribution is 0.534. The van der Waals surface area contributed by atoms with Gasteiger partial charge in [0, 0.05) is 24.9 Å². The van der Waals surface area contributed by atoms with E-state index in [0.717, 1.165) is 5.56 Å². The second-order valence-electron chi connectivity index (χ2n) is 2.76. The van der Waals surface area contributed by atoms with E-state index in [1.807, 2.05) is 12.1 Å².